The molecule has 96 valence electrons. The van der Waals surface area contributed by atoms with Crippen LogP contribution in [-0.4, -0.2) is 0 Å². The molecule has 0 saturated carbocycles. The van der Waals surface area contributed by atoms with Gasteiger partial charge < -0.3 is 4.74 Å². The third-order valence-electron chi connectivity index (χ3n) is 2.85. The van der Waals surface area contributed by atoms with Crippen LogP contribution in [0.4, 0.5) is 4.39 Å². The lowest BCUT2D eigenvalue weighted by Crippen LogP contribution is -1.94. The van der Waals surface area contributed by atoms with Crippen LogP contribution in [0.2, 0.25) is 5.02 Å². The molecule has 0 aliphatic heterocycles. The van der Waals surface area contributed by atoms with Crippen LogP contribution in [0.5, 0.6) is 5.75 Å². The molecule has 3 aromatic rings. The first-order valence-corrected chi connectivity index (χ1v) is 7.03. The standard InChI is InChI=1S/C15H10ClFOS/c16-12-5-1-2-7-14(12)18-8-10-9-19-15-11(10)4-3-6-13(15)17/h1-7,9H,8H2. The number of benzene rings is 2. The van der Waals surface area contributed by atoms with Gasteiger partial charge in [-0.1, -0.05) is 35.9 Å². The van der Waals surface area contributed by atoms with Gasteiger partial charge in [0.1, 0.15) is 18.2 Å². The maximum absolute atomic E-state index is 13.6. The predicted octanol–water partition coefficient (Wildman–Crippen LogP) is 5.27. The average molecular weight is 293 g/mol. The molecular weight excluding hydrogens is 283 g/mol. The van der Waals surface area contributed by atoms with Gasteiger partial charge in [0.05, 0.1) is 9.72 Å². The molecule has 1 nitrogen and oxygen atoms in total. The number of para-hydroxylation sites is 1. The summed E-state index contributed by atoms with van der Waals surface area (Å²) >= 11 is 7.42. The highest BCUT2D eigenvalue weighted by atomic mass is 35.5. The Labute approximate surface area is 119 Å². The highest BCUT2D eigenvalue weighted by Crippen LogP contribution is 2.30. The Morgan fingerprint density at radius 3 is 2.79 bits per heavy atom. The summed E-state index contributed by atoms with van der Waals surface area (Å²) in [6.45, 7) is 0.382. The van der Waals surface area contributed by atoms with E-state index in [1.807, 2.05) is 29.6 Å². The predicted molar refractivity (Wildman–Crippen MR) is 77.6 cm³/mol. The van der Waals surface area contributed by atoms with Gasteiger partial charge in [-0.25, -0.2) is 4.39 Å². The number of hydrogen-bond acceptors (Lipinski definition) is 2. The van der Waals surface area contributed by atoms with E-state index in [-0.39, 0.29) is 5.82 Å². The normalized spacial score (nSPS) is 10.8. The highest BCUT2D eigenvalue weighted by molar-refractivity contribution is 7.17. The fourth-order valence-electron chi connectivity index (χ4n) is 1.90. The number of fused-ring (bicyclic) bond motifs is 1. The number of hydrogen-bond donors (Lipinski definition) is 0. The third kappa shape index (κ3) is 2.44. The SMILES string of the molecule is Fc1cccc2c(COc3ccccc3Cl)csc12. The summed E-state index contributed by atoms with van der Waals surface area (Å²) in [5.41, 5.74) is 0.972. The van der Waals surface area contributed by atoms with Crippen LogP contribution in [-0.2, 0) is 6.61 Å². The molecule has 2 aromatic carbocycles. The molecule has 0 amide bonds. The van der Waals surface area contributed by atoms with Gasteiger partial charge in [0, 0.05) is 10.9 Å². The summed E-state index contributed by atoms with van der Waals surface area (Å²) in [5.74, 6) is 0.450. The van der Waals surface area contributed by atoms with Crippen molar-refractivity contribution in [1.82, 2.24) is 0 Å². The maximum Gasteiger partial charge on any atom is 0.140 e. The Hall–Kier alpha value is -1.58. The van der Waals surface area contributed by atoms with Gasteiger partial charge in [-0.3, -0.25) is 0 Å². The lowest BCUT2D eigenvalue weighted by Gasteiger charge is -2.07. The van der Waals surface area contributed by atoms with Crippen molar-refractivity contribution >= 4 is 33.0 Å². The van der Waals surface area contributed by atoms with E-state index in [0.29, 0.717) is 22.1 Å². The van der Waals surface area contributed by atoms with Gasteiger partial charge in [0.15, 0.2) is 0 Å². The molecule has 0 aliphatic rings. The van der Waals surface area contributed by atoms with Crippen LogP contribution < -0.4 is 4.74 Å². The number of ether oxygens (including phenoxy) is 1. The van der Waals surface area contributed by atoms with Crippen LogP contribution in [0.25, 0.3) is 10.1 Å². The molecule has 0 atom stereocenters. The molecule has 0 bridgehead atoms. The summed E-state index contributed by atoms with van der Waals surface area (Å²) < 4.78 is 19.9. The zero-order valence-electron chi connectivity index (χ0n) is 9.90. The molecule has 0 unspecified atom stereocenters. The van der Waals surface area contributed by atoms with Gasteiger partial charge in [-0.15, -0.1) is 11.3 Å². The molecular formula is C15H10ClFOS. The Morgan fingerprint density at radius 2 is 1.95 bits per heavy atom. The number of rotatable bonds is 3. The van der Waals surface area contributed by atoms with Crippen LogP contribution in [0.15, 0.2) is 47.8 Å². The Bertz CT molecular complexity index is 723. The largest absolute Gasteiger partial charge is 0.487 e. The van der Waals surface area contributed by atoms with E-state index in [4.69, 9.17) is 16.3 Å². The van der Waals surface area contributed by atoms with Crippen molar-refractivity contribution < 1.29 is 9.13 Å². The molecule has 0 spiro atoms. The third-order valence-corrected chi connectivity index (χ3v) is 4.22. The van der Waals surface area contributed by atoms with E-state index >= 15 is 0 Å². The molecule has 0 N–H and O–H groups in total. The fraction of sp³-hybridized carbons (Fsp3) is 0.0667. The molecule has 19 heavy (non-hydrogen) atoms. The molecule has 0 saturated heterocycles. The molecule has 1 aromatic heterocycles. The van der Waals surface area contributed by atoms with E-state index in [1.54, 1.807) is 12.1 Å². The Kier molecular flexibility index (Phi) is 3.40. The van der Waals surface area contributed by atoms with E-state index < -0.39 is 0 Å². The van der Waals surface area contributed by atoms with E-state index in [9.17, 15) is 4.39 Å². The molecule has 4 heteroatoms. The van der Waals surface area contributed by atoms with Crippen molar-refractivity contribution in [3.8, 4) is 5.75 Å². The van der Waals surface area contributed by atoms with Crippen LogP contribution in [0.3, 0.4) is 0 Å². The second-order valence-electron chi connectivity index (χ2n) is 4.10. The summed E-state index contributed by atoms with van der Waals surface area (Å²) in [7, 11) is 0. The molecule has 0 aliphatic carbocycles. The maximum atomic E-state index is 13.6. The smallest absolute Gasteiger partial charge is 0.140 e. The summed E-state index contributed by atoms with van der Waals surface area (Å²) in [6, 6.07) is 12.4. The minimum Gasteiger partial charge on any atom is -0.487 e. The quantitative estimate of drug-likeness (QED) is 0.639. The second-order valence-corrected chi connectivity index (χ2v) is 5.38. The molecule has 1 heterocycles. The Morgan fingerprint density at radius 1 is 1.11 bits per heavy atom. The minimum absolute atomic E-state index is 0.188. The Balaban J connectivity index is 1.87. The summed E-state index contributed by atoms with van der Waals surface area (Å²) in [6.07, 6.45) is 0. The minimum atomic E-state index is -0.188. The van der Waals surface area contributed by atoms with Gasteiger partial charge in [0.2, 0.25) is 0 Å². The number of thiophene rings is 1. The highest BCUT2D eigenvalue weighted by Gasteiger charge is 2.09. The van der Waals surface area contributed by atoms with Gasteiger partial charge >= 0.3 is 0 Å². The fourth-order valence-corrected chi connectivity index (χ4v) is 3.06. The number of halogens is 2. The first-order chi connectivity index (χ1) is 9.25. The van der Waals surface area contributed by atoms with E-state index in [2.05, 4.69) is 0 Å². The summed E-state index contributed by atoms with van der Waals surface area (Å²) in [4.78, 5) is 0. The molecule has 0 fully saturated rings. The molecule has 3 rings (SSSR count). The van der Waals surface area contributed by atoms with Crippen molar-refractivity contribution in [2.45, 2.75) is 6.61 Å². The zero-order chi connectivity index (χ0) is 13.2. The van der Waals surface area contributed by atoms with Gasteiger partial charge in [-0.05, 0) is 23.6 Å². The van der Waals surface area contributed by atoms with Crippen LogP contribution in [0.1, 0.15) is 5.56 Å². The first kappa shape index (κ1) is 12.5. The van der Waals surface area contributed by atoms with Crippen molar-refractivity contribution in [1.29, 1.82) is 0 Å². The monoisotopic (exact) mass is 292 g/mol. The second kappa shape index (κ2) is 5.19. The lowest BCUT2D eigenvalue weighted by atomic mass is 10.2. The topological polar surface area (TPSA) is 9.23 Å². The first-order valence-electron chi connectivity index (χ1n) is 5.77. The van der Waals surface area contributed by atoms with E-state index in [0.717, 1.165) is 10.9 Å². The van der Waals surface area contributed by atoms with Crippen molar-refractivity contribution in [2.75, 3.05) is 0 Å². The van der Waals surface area contributed by atoms with Crippen molar-refractivity contribution in [3.05, 3.63) is 64.2 Å². The van der Waals surface area contributed by atoms with Crippen LogP contribution >= 0.6 is 22.9 Å². The lowest BCUT2D eigenvalue weighted by molar-refractivity contribution is 0.308. The summed E-state index contributed by atoms with van der Waals surface area (Å²) in [5, 5.41) is 3.40. The zero-order valence-corrected chi connectivity index (χ0v) is 11.5. The van der Waals surface area contributed by atoms with Gasteiger partial charge in [-0.2, -0.15) is 0 Å². The van der Waals surface area contributed by atoms with Gasteiger partial charge in [0.25, 0.3) is 0 Å². The van der Waals surface area contributed by atoms with E-state index in [1.165, 1.54) is 17.4 Å². The average Bonchev–Trinajstić information content (AvgIpc) is 2.83. The molecule has 0 radical (unpaired) electrons. The van der Waals surface area contributed by atoms with Crippen molar-refractivity contribution in [2.24, 2.45) is 0 Å². The van der Waals surface area contributed by atoms with Crippen molar-refractivity contribution in [3.63, 3.8) is 0 Å². The van der Waals surface area contributed by atoms with Crippen LogP contribution in [0, 0.1) is 5.82 Å².